The van der Waals surface area contributed by atoms with Gasteiger partial charge >= 0.3 is 5.69 Å². The molecule has 0 radical (unpaired) electrons. The van der Waals surface area contributed by atoms with Crippen LogP contribution in [0.4, 0.5) is 11.4 Å². The number of nitrogens with zero attached hydrogens (tertiary/aromatic N) is 1. The van der Waals surface area contributed by atoms with Crippen LogP contribution in [0.5, 0.6) is 5.75 Å². The molecule has 2 rings (SSSR count). The zero-order chi connectivity index (χ0) is 15.2. The molecule has 5 nitrogen and oxygen atoms in total. The summed E-state index contributed by atoms with van der Waals surface area (Å²) in [5.41, 5.74) is 0.628. The molecule has 0 aromatic heterocycles. The lowest BCUT2D eigenvalue weighted by atomic mass is 9.84. The number of benzene rings is 1. The number of anilines is 1. The van der Waals surface area contributed by atoms with Crippen molar-refractivity contribution in [3.63, 3.8) is 0 Å². The van der Waals surface area contributed by atoms with E-state index in [1.165, 1.54) is 19.3 Å². The fraction of sp³-hybridized carbons (Fsp3) is 0.625. The molecule has 0 aliphatic heterocycles. The number of nitro benzene ring substituents is 1. The summed E-state index contributed by atoms with van der Waals surface area (Å²) in [6, 6.07) is 5.55. The van der Waals surface area contributed by atoms with Gasteiger partial charge in [0.2, 0.25) is 0 Å². The standard InChI is InChI=1S/C16H24N2O3/c1-3-12-8-10-13(11-9-12)17-14-6-5-7-15(21-4-2)16(14)18(19)20/h5-7,12-13,17H,3-4,8-11H2,1-2H3. The summed E-state index contributed by atoms with van der Waals surface area (Å²) in [7, 11) is 0. The van der Waals surface area contributed by atoms with Crippen molar-refractivity contribution in [3.05, 3.63) is 28.3 Å². The Hall–Kier alpha value is -1.78. The topological polar surface area (TPSA) is 64.4 Å². The Kier molecular flexibility index (Phi) is 5.42. The molecule has 1 aromatic carbocycles. The van der Waals surface area contributed by atoms with Gasteiger partial charge in [0, 0.05) is 6.04 Å². The van der Waals surface area contributed by atoms with Crippen molar-refractivity contribution >= 4 is 11.4 Å². The third kappa shape index (κ3) is 3.86. The highest BCUT2D eigenvalue weighted by Crippen LogP contribution is 2.37. The molecular weight excluding hydrogens is 268 g/mol. The van der Waals surface area contributed by atoms with Crippen LogP contribution in [0.25, 0.3) is 0 Å². The maximum absolute atomic E-state index is 11.3. The predicted molar refractivity (Wildman–Crippen MR) is 83.9 cm³/mol. The summed E-state index contributed by atoms with van der Waals surface area (Å²) >= 11 is 0. The van der Waals surface area contributed by atoms with E-state index in [9.17, 15) is 10.1 Å². The van der Waals surface area contributed by atoms with Gasteiger partial charge in [-0.3, -0.25) is 10.1 Å². The van der Waals surface area contributed by atoms with Crippen LogP contribution < -0.4 is 10.1 Å². The van der Waals surface area contributed by atoms with Crippen molar-refractivity contribution in [2.45, 2.75) is 52.0 Å². The second kappa shape index (κ2) is 7.29. The van der Waals surface area contributed by atoms with Gasteiger partial charge in [0.15, 0.2) is 5.75 Å². The number of rotatable bonds is 6. The molecule has 1 aromatic rings. The molecule has 5 heteroatoms. The molecule has 1 aliphatic carbocycles. The lowest BCUT2D eigenvalue weighted by Gasteiger charge is -2.29. The Morgan fingerprint density at radius 2 is 2.00 bits per heavy atom. The molecule has 1 saturated carbocycles. The Morgan fingerprint density at radius 3 is 2.57 bits per heavy atom. The van der Waals surface area contributed by atoms with Gasteiger partial charge in [-0.2, -0.15) is 0 Å². The van der Waals surface area contributed by atoms with E-state index in [1.54, 1.807) is 18.2 Å². The van der Waals surface area contributed by atoms with E-state index in [1.807, 2.05) is 6.92 Å². The molecule has 0 unspecified atom stereocenters. The molecule has 0 heterocycles. The lowest BCUT2D eigenvalue weighted by Crippen LogP contribution is -2.26. The van der Waals surface area contributed by atoms with Gasteiger partial charge in [0.1, 0.15) is 5.69 Å². The number of hydrogen-bond donors (Lipinski definition) is 1. The van der Waals surface area contributed by atoms with Gasteiger partial charge in [0.05, 0.1) is 11.5 Å². The first-order chi connectivity index (χ1) is 10.2. The summed E-state index contributed by atoms with van der Waals surface area (Å²) in [5.74, 6) is 1.16. The smallest absolute Gasteiger partial charge is 0.333 e. The Morgan fingerprint density at radius 1 is 1.29 bits per heavy atom. The molecule has 0 atom stereocenters. The number of nitrogens with one attached hydrogen (secondary N) is 1. The zero-order valence-corrected chi connectivity index (χ0v) is 12.8. The van der Waals surface area contributed by atoms with Crippen molar-refractivity contribution in [3.8, 4) is 5.75 Å². The summed E-state index contributed by atoms with van der Waals surface area (Å²) in [6.07, 6.45) is 5.79. The quantitative estimate of drug-likeness (QED) is 0.624. The third-order valence-electron chi connectivity index (χ3n) is 4.27. The maximum Gasteiger partial charge on any atom is 0.333 e. The highest BCUT2D eigenvalue weighted by atomic mass is 16.6. The first kappa shape index (κ1) is 15.6. The lowest BCUT2D eigenvalue weighted by molar-refractivity contribution is -0.385. The van der Waals surface area contributed by atoms with Crippen LogP contribution >= 0.6 is 0 Å². The van der Waals surface area contributed by atoms with Crippen LogP contribution in [0.15, 0.2) is 18.2 Å². The van der Waals surface area contributed by atoms with Crippen LogP contribution in [-0.2, 0) is 0 Å². The van der Waals surface area contributed by atoms with Gasteiger partial charge in [-0.1, -0.05) is 19.4 Å². The molecule has 116 valence electrons. The van der Waals surface area contributed by atoms with Crippen LogP contribution in [0.2, 0.25) is 0 Å². The highest BCUT2D eigenvalue weighted by molar-refractivity contribution is 5.68. The minimum Gasteiger partial charge on any atom is -0.487 e. The van der Waals surface area contributed by atoms with Crippen molar-refractivity contribution in [2.75, 3.05) is 11.9 Å². The van der Waals surface area contributed by atoms with Crippen molar-refractivity contribution in [2.24, 2.45) is 5.92 Å². The van der Waals surface area contributed by atoms with E-state index in [0.717, 1.165) is 18.8 Å². The van der Waals surface area contributed by atoms with E-state index >= 15 is 0 Å². The van der Waals surface area contributed by atoms with Crippen molar-refractivity contribution in [1.82, 2.24) is 0 Å². The van der Waals surface area contributed by atoms with Crippen LogP contribution in [-0.4, -0.2) is 17.6 Å². The van der Waals surface area contributed by atoms with Crippen molar-refractivity contribution < 1.29 is 9.66 Å². The van der Waals surface area contributed by atoms with Crippen LogP contribution in [0.3, 0.4) is 0 Å². The second-order valence-electron chi connectivity index (χ2n) is 5.61. The molecule has 1 fully saturated rings. The number of para-hydroxylation sites is 1. The SMILES string of the molecule is CCOc1cccc(NC2CCC(CC)CC2)c1[N+](=O)[O-]. The minimum atomic E-state index is -0.356. The van der Waals surface area contributed by atoms with Gasteiger partial charge in [-0.05, 0) is 50.7 Å². The zero-order valence-electron chi connectivity index (χ0n) is 12.8. The molecule has 1 aliphatic rings. The molecule has 1 N–H and O–H groups in total. The second-order valence-corrected chi connectivity index (χ2v) is 5.61. The molecule has 0 amide bonds. The van der Waals surface area contributed by atoms with Gasteiger partial charge in [-0.25, -0.2) is 0 Å². The molecule has 21 heavy (non-hydrogen) atoms. The average Bonchev–Trinajstić information content (AvgIpc) is 2.48. The largest absolute Gasteiger partial charge is 0.487 e. The predicted octanol–water partition coefficient (Wildman–Crippen LogP) is 4.37. The van der Waals surface area contributed by atoms with Gasteiger partial charge in [-0.15, -0.1) is 0 Å². The van der Waals surface area contributed by atoms with Crippen molar-refractivity contribution in [1.29, 1.82) is 0 Å². The number of ether oxygens (including phenoxy) is 1. The maximum atomic E-state index is 11.3. The first-order valence-corrected chi connectivity index (χ1v) is 7.82. The summed E-state index contributed by atoms with van der Waals surface area (Å²) < 4.78 is 5.38. The molecular formula is C16H24N2O3. The third-order valence-corrected chi connectivity index (χ3v) is 4.27. The summed E-state index contributed by atoms with van der Waals surface area (Å²) in [6.45, 7) is 4.48. The monoisotopic (exact) mass is 292 g/mol. The first-order valence-electron chi connectivity index (χ1n) is 7.82. The normalized spacial score (nSPS) is 21.8. The average molecular weight is 292 g/mol. The molecule has 0 saturated heterocycles. The Balaban J connectivity index is 2.12. The van der Waals surface area contributed by atoms with Crippen LogP contribution in [0, 0.1) is 16.0 Å². The fourth-order valence-corrected chi connectivity index (χ4v) is 3.03. The summed E-state index contributed by atoms with van der Waals surface area (Å²) in [5, 5.41) is 14.7. The Labute approximate surface area is 125 Å². The van der Waals surface area contributed by atoms with Gasteiger partial charge < -0.3 is 10.1 Å². The van der Waals surface area contributed by atoms with E-state index in [-0.39, 0.29) is 10.6 Å². The summed E-state index contributed by atoms with van der Waals surface area (Å²) in [4.78, 5) is 11.0. The minimum absolute atomic E-state index is 0.0527. The van der Waals surface area contributed by atoms with E-state index in [0.29, 0.717) is 24.1 Å². The number of nitro groups is 1. The van der Waals surface area contributed by atoms with E-state index in [4.69, 9.17) is 4.74 Å². The van der Waals surface area contributed by atoms with E-state index < -0.39 is 0 Å². The van der Waals surface area contributed by atoms with Crippen LogP contribution in [0.1, 0.15) is 46.0 Å². The fourth-order valence-electron chi connectivity index (χ4n) is 3.03. The Bertz CT molecular complexity index is 482. The highest BCUT2D eigenvalue weighted by Gasteiger charge is 2.25. The molecule has 0 spiro atoms. The molecule has 0 bridgehead atoms. The van der Waals surface area contributed by atoms with Gasteiger partial charge in [0.25, 0.3) is 0 Å². The number of hydrogen-bond acceptors (Lipinski definition) is 4. The van der Waals surface area contributed by atoms with E-state index in [2.05, 4.69) is 12.2 Å².